The summed E-state index contributed by atoms with van der Waals surface area (Å²) < 4.78 is 1.12. The van der Waals surface area contributed by atoms with Gasteiger partial charge >= 0.3 is 5.97 Å². The molecule has 1 atom stereocenters. The van der Waals surface area contributed by atoms with E-state index in [1.54, 1.807) is 0 Å². The second-order valence-corrected chi connectivity index (χ2v) is 6.66. The molecular formula is C16H22BrNO2. The minimum absolute atomic E-state index is 0.301. The number of rotatable bonds is 5. The maximum Gasteiger partial charge on any atom is 0.303 e. The van der Waals surface area contributed by atoms with Crippen molar-refractivity contribution in [2.24, 2.45) is 5.92 Å². The quantitative estimate of drug-likeness (QED) is 0.886. The Balaban J connectivity index is 1.90. The third kappa shape index (κ3) is 4.60. The molecule has 3 nitrogen and oxygen atoms in total. The van der Waals surface area contributed by atoms with Crippen molar-refractivity contribution in [2.75, 3.05) is 13.1 Å². The molecule has 1 aliphatic heterocycles. The predicted molar refractivity (Wildman–Crippen MR) is 83.7 cm³/mol. The van der Waals surface area contributed by atoms with Crippen molar-refractivity contribution in [3.63, 3.8) is 0 Å². The summed E-state index contributed by atoms with van der Waals surface area (Å²) >= 11 is 3.50. The van der Waals surface area contributed by atoms with Gasteiger partial charge in [-0.2, -0.15) is 0 Å². The molecule has 1 aromatic carbocycles. The number of halogens is 1. The molecule has 0 saturated carbocycles. The average molecular weight is 340 g/mol. The molecule has 0 amide bonds. The van der Waals surface area contributed by atoms with Crippen molar-refractivity contribution in [2.45, 2.75) is 39.2 Å². The zero-order valence-corrected chi connectivity index (χ0v) is 13.5. The lowest BCUT2D eigenvalue weighted by Crippen LogP contribution is -2.35. The van der Waals surface area contributed by atoms with Gasteiger partial charge in [0.2, 0.25) is 0 Å². The molecular weight excluding hydrogens is 318 g/mol. The number of hydrogen-bond donors (Lipinski definition) is 1. The first-order valence-electron chi connectivity index (χ1n) is 7.24. The van der Waals surface area contributed by atoms with Crippen LogP contribution in [0.15, 0.2) is 22.7 Å². The van der Waals surface area contributed by atoms with Crippen LogP contribution in [0.1, 0.15) is 36.8 Å². The van der Waals surface area contributed by atoms with Crippen LogP contribution in [0, 0.1) is 12.8 Å². The van der Waals surface area contributed by atoms with Crippen molar-refractivity contribution < 1.29 is 9.90 Å². The summed E-state index contributed by atoms with van der Waals surface area (Å²) in [6, 6.07) is 6.43. The number of piperidine rings is 1. The molecule has 1 N–H and O–H groups in total. The number of aryl methyl sites for hydroxylation is 1. The Morgan fingerprint density at radius 2 is 2.30 bits per heavy atom. The fourth-order valence-electron chi connectivity index (χ4n) is 2.94. The smallest absolute Gasteiger partial charge is 0.303 e. The lowest BCUT2D eigenvalue weighted by molar-refractivity contribution is -0.137. The van der Waals surface area contributed by atoms with Gasteiger partial charge in [0.25, 0.3) is 0 Å². The van der Waals surface area contributed by atoms with Gasteiger partial charge in [-0.3, -0.25) is 9.69 Å². The van der Waals surface area contributed by atoms with E-state index in [2.05, 4.69) is 46.0 Å². The van der Waals surface area contributed by atoms with Crippen LogP contribution in [0.4, 0.5) is 0 Å². The molecule has 0 bridgehead atoms. The highest BCUT2D eigenvalue weighted by atomic mass is 79.9. The minimum atomic E-state index is -0.675. The first kappa shape index (κ1) is 15.5. The van der Waals surface area contributed by atoms with E-state index in [-0.39, 0.29) is 0 Å². The summed E-state index contributed by atoms with van der Waals surface area (Å²) in [7, 11) is 0. The third-order valence-electron chi connectivity index (χ3n) is 4.07. The highest BCUT2D eigenvalue weighted by molar-refractivity contribution is 9.10. The molecule has 0 aliphatic carbocycles. The van der Waals surface area contributed by atoms with Crippen LogP contribution >= 0.6 is 15.9 Å². The van der Waals surface area contributed by atoms with Crippen LogP contribution in [0.25, 0.3) is 0 Å². The number of benzene rings is 1. The minimum Gasteiger partial charge on any atom is -0.481 e. The van der Waals surface area contributed by atoms with Crippen LogP contribution in [0.2, 0.25) is 0 Å². The molecule has 4 heteroatoms. The molecule has 1 heterocycles. The normalized spacial score (nSPS) is 20.0. The number of carbonyl (C=O) groups is 1. The second kappa shape index (κ2) is 7.23. The van der Waals surface area contributed by atoms with Crippen molar-refractivity contribution in [3.05, 3.63) is 33.8 Å². The second-order valence-electron chi connectivity index (χ2n) is 5.75. The zero-order valence-electron chi connectivity index (χ0n) is 11.9. The van der Waals surface area contributed by atoms with Crippen molar-refractivity contribution in [3.8, 4) is 0 Å². The van der Waals surface area contributed by atoms with Gasteiger partial charge in [-0.25, -0.2) is 0 Å². The average Bonchev–Trinajstić information content (AvgIpc) is 2.40. The van der Waals surface area contributed by atoms with Gasteiger partial charge in [0.15, 0.2) is 0 Å². The fraction of sp³-hybridized carbons (Fsp3) is 0.562. The van der Waals surface area contributed by atoms with Crippen molar-refractivity contribution in [1.82, 2.24) is 4.90 Å². The van der Waals surface area contributed by atoms with E-state index in [9.17, 15) is 4.79 Å². The van der Waals surface area contributed by atoms with Crippen LogP contribution in [0.3, 0.4) is 0 Å². The highest BCUT2D eigenvalue weighted by Gasteiger charge is 2.20. The Bertz CT molecular complexity index is 476. The molecule has 1 aromatic rings. The van der Waals surface area contributed by atoms with E-state index in [4.69, 9.17) is 5.11 Å². The molecule has 2 rings (SSSR count). The summed E-state index contributed by atoms with van der Waals surface area (Å²) in [4.78, 5) is 13.1. The van der Waals surface area contributed by atoms with Crippen molar-refractivity contribution in [1.29, 1.82) is 0 Å². The van der Waals surface area contributed by atoms with E-state index in [0.29, 0.717) is 12.3 Å². The van der Waals surface area contributed by atoms with Gasteiger partial charge in [0.1, 0.15) is 0 Å². The summed E-state index contributed by atoms with van der Waals surface area (Å²) in [5.41, 5.74) is 2.68. The van der Waals surface area contributed by atoms with Crippen LogP contribution in [-0.4, -0.2) is 29.1 Å². The SMILES string of the molecule is Cc1cc(Br)ccc1CN1CCCC(CCC(=O)O)C1. The molecule has 1 aliphatic rings. The lowest BCUT2D eigenvalue weighted by Gasteiger charge is -2.33. The standard InChI is InChI=1S/C16H22BrNO2/c1-12-9-15(17)6-5-14(12)11-18-8-2-3-13(10-18)4-7-16(19)20/h5-6,9,13H,2-4,7-8,10-11H2,1H3,(H,19,20). The van der Waals surface area contributed by atoms with Crippen LogP contribution in [0.5, 0.6) is 0 Å². The lowest BCUT2D eigenvalue weighted by atomic mass is 9.93. The monoisotopic (exact) mass is 339 g/mol. The van der Waals surface area contributed by atoms with Gasteiger partial charge in [-0.15, -0.1) is 0 Å². The first-order chi connectivity index (χ1) is 9.54. The van der Waals surface area contributed by atoms with E-state index in [0.717, 1.165) is 30.5 Å². The van der Waals surface area contributed by atoms with Gasteiger partial charge in [-0.05, 0) is 61.9 Å². The van der Waals surface area contributed by atoms with Crippen LogP contribution in [-0.2, 0) is 11.3 Å². The first-order valence-corrected chi connectivity index (χ1v) is 8.03. The molecule has 0 radical (unpaired) electrons. The Morgan fingerprint density at radius 3 is 3.00 bits per heavy atom. The number of hydrogen-bond acceptors (Lipinski definition) is 2. The molecule has 1 saturated heterocycles. The summed E-state index contributed by atoms with van der Waals surface area (Å²) in [6.07, 6.45) is 3.46. The number of aliphatic carboxylic acids is 1. The Labute approximate surface area is 129 Å². The largest absolute Gasteiger partial charge is 0.481 e. The van der Waals surface area contributed by atoms with Gasteiger partial charge in [-0.1, -0.05) is 22.0 Å². The molecule has 0 aromatic heterocycles. The predicted octanol–water partition coefficient (Wildman–Crippen LogP) is 3.83. The van der Waals surface area contributed by atoms with Crippen LogP contribution < -0.4 is 0 Å². The number of likely N-dealkylation sites (tertiary alicyclic amines) is 1. The van der Waals surface area contributed by atoms with E-state index >= 15 is 0 Å². The third-order valence-corrected chi connectivity index (χ3v) is 4.56. The maximum atomic E-state index is 10.7. The fourth-order valence-corrected chi connectivity index (χ4v) is 3.41. The topological polar surface area (TPSA) is 40.5 Å². The molecule has 1 fully saturated rings. The molecule has 20 heavy (non-hydrogen) atoms. The highest BCUT2D eigenvalue weighted by Crippen LogP contribution is 2.24. The molecule has 0 spiro atoms. The van der Waals surface area contributed by atoms with Crippen molar-refractivity contribution >= 4 is 21.9 Å². The van der Waals surface area contributed by atoms with E-state index in [1.807, 2.05) is 0 Å². The Morgan fingerprint density at radius 1 is 1.50 bits per heavy atom. The summed E-state index contributed by atoms with van der Waals surface area (Å²) in [5.74, 6) is -0.138. The van der Waals surface area contributed by atoms with Gasteiger partial charge in [0, 0.05) is 24.0 Å². The Hall–Kier alpha value is -0.870. The number of carboxylic acids is 1. The molecule has 1 unspecified atom stereocenters. The van der Waals surface area contributed by atoms with Gasteiger partial charge < -0.3 is 5.11 Å². The van der Waals surface area contributed by atoms with E-state index in [1.165, 1.54) is 24.0 Å². The van der Waals surface area contributed by atoms with Gasteiger partial charge in [0.05, 0.1) is 0 Å². The molecule has 110 valence electrons. The number of carboxylic acid groups (broad SMARTS) is 1. The maximum absolute atomic E-state index is 10.7. The summed E-state index contributed by atoms with van der Waals surface area (Å²) in [6.45, 7) is 5.27. The zero-order chi connectivity index (χ0) is 14.5. The summed E-state index contributed by atoms with van der Waals surface area (Å²) in [5, 5.41) is 8.79. The number of nitrogens with zero attached hydrogens (tertiary/aromatic N) is 1. The van der Waals surface area contributed by atoms with E-state index < -0.39 is 5.97 Å². The Kier molecular flexibility index (Phi) is 5.61.